The summed E-state index contributed by atoms with van der Waals surface area (Å²) in [6, 6.07) is 6.07. The lowest BCUT2D eigenvalue weighted by atomic mass is 9.93. The predicted molar refractivity (Wildman–Crippen MR) is 73.0 cm³/mol. The third-order valence-corrected chi connectivity index (χ3v) is 3.54. The first kappa shape index (κ1) is 13.9. The maximum Gasteiger partial charge on any atom is 0.305 e. The van der Waals surface area contributed by atoms with Crippen LogP contribution < -0.4 is 10.5 Å². The number of carbonyl (C=O) groups is 1. The summed E-state index contributed by atoms with van der Waals surface area (Å²) in [6.07, 6.45) is 2.14. The summed E-state index contributed by atoms with van der Waals surface area (Å²) in [5.74, 6) is 1.01. The number of hydrogen-bond donors (Lipinski definition) is 1. The fourth-order valence-electron chi connectivity index (χ4n) is 2.46. The molecule has 0 radical (unpaired) electrons. The average Bonchev–Trinajstić information content (AvgIpc) is 2.85. The number of methoxy groups -OCH3 is 1. The van der Waals surface area contributed by atoms with Crippen LogP contribution in [0.1, 0.15) is 36.9 Å². The van der Waals surface area contributed by atoms with Crippen molar-refractivity contribution in [3.05, 3.63) is 29.3 Å². The van der Waals surface area contributed by atoms with Crippen LogP contribution in [0.5, 0.6) is 5.75 Å². The van der Waals surface area contributed by atoms with E-state index in [2.05, 4.69) is 10.8 Å². The Hall–Kier alpha value is -1.55. The third kappa shape index (κ3) is 3.47. The summed E-state index contributed by atoms with van der Waals surface area (Å²) in [6.45, 7) is 2.78. The molecule has 1 aromatic carbocycles. The van der Waals surface area contributed by atoms with Gasteiger partial charge in [-0.3, -0.25) is 4.79 Å². The zero-order chi connectivity index (χ0) is 13.8. The molecule has 2 rings (SSSR count). The van der Waals surface area contributed by atoms with Crippen LogP contribution in [0, 0.1) is 5.92 Å². The largest absolute Gasteiger partial charge is 0.493 e. The van der Waals surface area contributed by atoms with Gasteiger partial charge in [0.05, 0.1) is 13.7 Å². The second-order valence-corrected chi connectivity index (χ2v) is 5.19. The molecular formula is C15H21NO3. The van der Waals surface area contributed by atoms with Crippen molar-refractivity contribution >= 4 is 5.97 Å². The van der Waals surface area contributed by atoms with E-state index in [-0.39, 0.29) is 17.9 Å². The van der Waals surface area contributed by atoms with Crippen molar-refractivity contribution in [1.29, 1.82) is 0 Å². The molecule has 0 saturated carbocycles. The summed E-state index contributed by atoms with van der Waals surface area (Å²) >= 11 is 0. The van der Waals surface area contributed by atoms with Gasteiger partial charge in [-0.1, -0.05) is 19.1 Å². The third-order valence-electron chi connectivity index (χ3n) is 3.54. The second-order valence-electron chi connectivity index (χ2n) is 5.19. The lowest BCUT2D eigenvalue weighted by Crippen LogP contribution is -2.16. The lowest BCUT2D eigenvalue weighted by Gasteiger charge is -2.17. The van der Waals surface area contributed by atoms with Crippen LogP contribution in [-0.2, 0) is 16.0 Å². The van der Waals surface area contributed by atoms with E-state index in [1.54, 1.807) is 0 Å². The molecule has 1 aliphatic rings. The molecule has 0 aliphatic carbocycles. The molecule has 0 bridgehead atoms. The van der Waals surface area contributed by atoms with E-state index in [4.69, 9.17) is 10.5 Å². The molecule has 2 N–H and O–H groups in total. The summed E-state index contributed by atoms with van der Waals surface area (Å²) in [5, 5.41) is 0. The van der Waals surface area contributed by atoms with Crippen LogP contribution in [0.2, 0.25) is 0 Å². The summed E-state index contributed by atoms with van der Waals surface area (Å²) in [7, 11) is 1.41. The molecule has 0 aromatic heterocycles. The maximum absolute atomic E-state index is 11.2. The van der Waals surface area contributed by atoms with Crippen molar-refractivity contribution in [3.8, 4) is 5.75 Å². The van der Waals surface area contributed by atoms with Gasteiger partial charge < -0.3 is 15.2 Å². The highest BCUT2D eigenvalue weighted by Gasteiger charge is 2.18. The molecule has 2 unspecified atom stereocenters. The van der Waals surface area contributed by atoms with Crippen LogP contribution in [0.15, 0.2) is 18.2 Å². The molecule has 4 nitrogen and oxygen atoms in total. The summed E-state index contributed by atoms with van der Waals surface area (Å²) in [5.41, 5.74) is 8.56. The molecule has 104 valence electrons. The lowest BCUT2D eigenvalue weighted by molar-refractivity contribution is -0.141. The minimum atomic E-state index is -0.179. The quantitative estimate of drug-likeness (QED) is 0.827. The van der Waals surface area contributed by atoms with E-state index < -0.39 is 0 Å². The normalized spacial score (nSPS) is 16.4. The smallest absolute Gasteiger partial charge is 0.305 e. The monoisotopic (exact) mass is 263 g/mol. The second kappa shape index (κ2) is 6.06. The van der Waals surface area contributed by atoms with E-state index in [0.29, 0.717) is 6.42 Å². The van der Waals surface area contributed by atoms with E-state index in [9.17, 15) is 4.79 Å². The Bertz CT molecular complexity index is 459. The van der Waals surface area contributed by atoms with Gasteiger partial charge in [0.25, 0.3) is 0 Å². The molecule has 4 heteroatoms. The van der Waals surface area contributed by atoms with Gasteiger partial charge in [0.15, 0.2) is 0 Å². The van der Waals surface area contributed by atoms with Gasteiger partial charge in [0, 0.05) is 18.9 Å². The van der Waals surface area contributed by atoms with Crippen molar-refractivity contribution in [2.24, 2.45) is 11.7 Å². The number of nitrogens with two attached hydrogens (primary N) is 1. The van der Waals surface area contributed by atoms with Crippen molar-refractivity contribution in [3.63, 3.8) is 0 Å². The van der Waals surface area contributed by atoms with Gasteiger partial charge in [0.2, 0.25) is 0 Å². The molecule has 0 amide bonds. The number of esters is 1. The molecule has 0 spiro atoms. The molecule has 0 fully saturated rings. The number of fused-ring (bicyclic) bond motifs is 1. The van der Waals surface area contributed by atoms with Gasteiger partial charge in [-0.25, -0.2) is 0 Å². The minimum absolute atomic E-state index is 0.0504. The van der Waals surface area contributed by atoms with Crippen LogP contribution in [-0.4, -0.2) is 19.7 Å². The highest BCUT2D eigenvalue weighted by atomic mass is 16.5. The Kier molecular flexibility index (Phi) is 4.43. The first-order chi connectivity index (χ1) is 9.10. The highest BCUT2D eigenvalue weighted by molar-refractivity contribution is 5.69. The fourth-order valence-corrected chi connectivity index (χ4v) is 2.46. The Balaban J connectivity index is 1.96. The van der Waals surface area contributed by atoms with Crippen molar-refractivity contribution in [2.45, 2.75) is 32.2 Å². The predicted octanol–water partition coefficient (Wildman–Crippen LogP) is 2.21. The van der Waals surface area contributed by atoms with Gasteiger partial charge >= 0.3 is 5.97 Å². The van der Waals surface area contributed by atoms with Crippen LogP contribution in [0.3, 0.4) is 0 Å². The number of benzene rings is 1. The van der Waals surface area contributed by atoms with E-state index in [0.717, 1.165) is 30.8 Å². The Morgan fingerprint density at radius 2 is 2.32 bits per heavy atom. The van der Waals surface area contributed by atoms with Gasteiger partial charge in [-0.2, -0.15) is 0 Å². The van der Waals surface area contributed by atoms with Gasteiger partial charge in [0.1, 0.15) is 5.75 Å². The number of rotatable bonds is 5. The number of carbonyl (C=O) groups excluding carboxylic acids is 1. The molecular weight excluding hydrogens is 242 g/mol. The van der Waals surface area contributed by atoms with E-state index >= 15 is 0 Å². The number of ether oxygens (including phenoxy) is 2. The van der Waals surface area contributed by atoms with Crippen molar-refractivity contribution in [2.75, 3.05) is 13.7 Å². The molecule has 19 heavy (non-hydrogen) atoms. The topological polar surface area (TPSA) is 61.5 Å². The Morgan fingerprint density at radius 3 is 3.05 bits per heavy atom. The maximum atomic E-state index is 11.2. The van der Waals surface area contributed by atoms with Gasteiger partial charge in [-0.05, 0) is 29.5 Å². The van der Waals surface area contributed by atoms with Crippen LogP contribution in [0.4, 0.5) is 0 Å². The van der Waals surface area contributed by atoms with Crippen LogP contribution >= 0.6 is 0 Å². The SMILES string of the molecule is COC(=O)CC(C)CC(N)c1ccc2c(c1)CCO2. The van der Waals surface area contributed by atoms with Gasteiger partial charge in [-0.15, -0.1) is 0 Å². The molecule has 1 aliphatic heterocycles. The first-order valence-electron chi connectivity index (χ1n) is 6.68. The Morgan fingerprint density at radius 1 is 1.53 bits per heavy atom. The van der Waals surface area contributed by atoms with E-state index in [1.807, 2.05) is 19.1 Å². The molecule has 1 aromatic rings. The summed E-state index contributed by atoms with van der Waals surface area (Å²) < 4.78 is 10.2. The van der Waals surface area contributed by atoms with Crippen molar-refractivity contribution < 1.29 is 14.3 Å². The molecule has 0 saturated heterocycles. The van der Waals surface area contributed by atoms with E-state index in [1.165, 1.54) is 12.7 Å². The zero-order valence-corrected chi connectivity index (χ0v) is 11.5. The number of hydrogen-bond acceptors (Lipinski definition) is 4. The van der Waals surface area contributed by atoms with Crippen molar-refractivity contribution in [1.82, 2.24) is 0 Å². The standard InChI is InChI=1S/C15H21NO3/c1-10(8-15(17)18-2)7-13(16)11-3-4-14-12(9-11)5-6-19-14/h3-4,9-10,13H,5-8,16H2,1-2H3. The highest BCUT2D eigenvalue weighted by Crippen LogP contribution is 2.29. The fraction of sp³-hybridized carbons (Fsp3) is 0.533. The summed E-state index contributed by atoms with van der Waals surface area (Å²) in [4.78, 5) is 11.2. The van der Waals surface area contributed by atoms with Crippen LogP contribution in [0.25, 0.3) is 0 Å². The first-order valence-corrected chi connectivity index (χ1v) is 6.68. The minimum Gasteiger partial charge on any atom is -0.493 e. The zero-order valence-electron chi connectivity index (χ0n) is 11.5. The molecule has 1 heterocycles. The average molecular weight is 263 g/mol. The Labute approximate surface area is 113 Å². The molecule has 2 atom stereocenters.